The number of hydrogen-bond donors (Lipinski definition) is 3. The van der Waals surface area contributed by atoms with Gasteiger partial charge < -0.3 is 16.4 Å². The number of nitrogen functional groups attached to an aromatic ring is 1. The lowest BCUT2D eigenvalue weighted by Gasteiger charge is -2.12. The minimum atomic E-state index is 0.409. The Balaban J connectivity index is 1.86. The summed E-state index contributed by atoms with van der Waals surface area (Å²) in [6.07, 6.45) is 4.81. The van der Waals surface area contributed by atoms with Crippen LogP contribution in [0.4, 0.5) is 28.7 Å². The van der Waals surface area contributed by atoms with E-state index in [1.54, 1.807) is 24.5 Å². The summed E-state index contributed by atoms with van der Waals surface area (Å²) in [6.45, 7) is 0. The van der Waals surface area contributed by atoms with Crippen molar-refractivity contribution in [2.45, 2.75) is 0 Å². The van der Waals surface area contributed by atoms with Crippen LogP contribution in [0.3, 0.4) is 0 Å². The molecule has 3 aromatic rings. The van der Waals surface area contributed by atoms with Crippen molar-refractivity contribution in [3.05, 3.63) is 60.1 Å². The van der Waals surface area contributed by atoms with Gasteiger partial charge in [0.25, 0.3) is 0 Å². The molecule has 2 aromatic heterocycles. The molecule has 0 atom stereocenters. The fourth-order valence-corrected chi connectivity index (χ4v) is 2.06. The zero-order valence-corrected chi connectivity index (χ0v) is 12.2. The van der Waals surface area contributed by atoms with Crippen LogP contribution in [0, 0.1) is 0 Å². The summed E-state index contributed by atoms with van der Waals surface area (Å²) >= 11 is 5.97. The minimum Gasteiger partial charge on any atom is -0.393 e. The molecule has 0 amide bonds. The first-order valence-corrected chi connectivity index (χ1v) is 6.90. The highest BCUT2D eigenvalue weighted by molar-refractivity contribution is 6.30. The highest BCUT2D eigenvalue weighted by atomic mass is 35.5. The van der Waals surface area contributed by atoms with Crippen LogP contribution in [0.5, 0.6) is 0 Å². The molecule has 4 N–H and O–H groups in total. The second-order valence-electron chi connectivity index (χ2n) is 4.49. The van der Waals surface area contributed by atoms with E-state index < -0.39 is 0 Å². The molecule has 0 spiro atoms. The van der Waals surface area contributed by atoms with E-state index in [2.05, 4.69) is 25.6 Å². The molecule has 22 heavy (non-hydrogen) atoms. The van der Waals surface area contributed by atoms with Gasteiger partial charge in [-0.05, 0) is 30.3 Å². The molecule has 1 aromatic carbocycles. The van der Waals surface area contributed by atoms with E-state index in [0.29, 0.717) is 22.3 Å². The van der Waals surface area contributed by atoms with Crippen molar-refractivity contribution in [2.75, 3.05) is 16.4 Å². The smallest absolute Gasteiger partial charge is 0.159 e. The van der Waals surface area contributed by atoms with Crippen molar-refractivity contribution in [1.29, 1.82) is 0 Å². The molecule has 0 aliphatic carbocycles. The molecule has 6 nitrogen and oxygen atoms in total. The van der Waals surface area contributed by atoms with Gasteiger partial charge in [0.2, 0.25) is 0 Å². The van der Waals surface area contributed by atoms with Crippen LogP contribution in [-0.2, 0) is 0 Å². The maximum atomic E-state index is 6.11. The van der Waals surface area contributed by atoms with Gasteiger partial charge in [0.15, 0.2) is 11.6 Å². The number of anilines is 5. The highest BCUT2D eigenvalue weighted by Gasteiger charge is 2.09. The number of hydrogen-bond acceptors (Lipinski definition) is 6. The first-order chi connectivity index (χ1) is 10.7. The van der Waals surface area contributed by atoms with Crippen LogP contribution in [-0.4, -0.2) is 15.0 Å². The summed E-state index contributed by atoms with van der Waals surface area (Å²) in [5.74, 6) is 1.01. The molecule has 0 aliphatic heterocycles. The molecule has 110 valence electrons. The Bertz CT molecular complexity index is 778. The molecular weight excluding hydrogens is 300 g/mol. The summed E-state index contributed by atoms with van der Waals surface area (Å²) in [5, 5.41) is 6.86. The molecule has 0 unspecified atom stereocenters. The molecule has 3 rings (SSSR count). The lowest BCUT2D eigenvalue weighted by molar-refractivity contribution is 1.17. The Morgan fingerprint density at radius 3 is 2.36 bits per heavy atom. The van der Waals surface area contributed by atoms with Crippen LogP contribution >= 0.6 is 11.6 Å². The first-order valence-electron chi connectivity index (χ1n) is 6.52. The van der Waals surface area contributed by atoms with E-state index in [1.165, 1.54) is 6.33 Å². The van der Waals surface area contributed by atoms with E-state index in [9.17, 15) is 0 Å². The second-order valence-corrected chi connectivity index (χ2v) is 4.92. The Labute approximate surface area is 132 Å². The van der Waals surface area contributed by atoms with Crippen molar-refractivity contribution in [2.24, 2.45) is 0 Å². The Morgan fingerprint density at radius 1 is 0.955 bits per heavy atom. The van der Waals surface area contributed by atoms with Crippen LogP contribution < -0.4 is 16.4 Å². The van der Waals surface area contributed by atoms with E-state index >= 15 is 0 Å². The molecule has 0 bridgehead atoms. The van der Waals surface area contributed by atoms with Gasteiger partial charge in [-0.2, -0.15) is 0 Å². The first kappa shape index (κ1) is 14.1. The molecule has 0 radical (unpaired) electrons. The van der Waals surface area contributed by atoms with Gasteiger partial charge in [-0.3, -0.25) is 4.98 Å². The Kier molecular flexibility index (Phi) is 4.02. The standard InChI is InChI=1S/C15H13ClN6/c16-10-3-1-4-11(7-10)21-14-13(17)15(20-9-19-14)22-12-5-2-6-18-8-12/h1-9H,17H2,(H2,19,20,21,22). The number of nitrogens with two attached hydrogens (primary N) is 1. The quantitative estimate of drug-likeness (QED) is 0.682. The average Bonchev–Trinajstić information content (AvgIpc) is 2.52. The van der Waals surface area contributed by atoms with Crippen molar-refractivity contribution < 1.29 is 0 Å². The second kappa shape index (κ2) is 6.28. The Morgan fingerprint density at radius 2 is 1.68 bits per heavy atom. The van der Waals surface area contributed by atoms with Gasteiger partial charge in [0, 0.05) is 16.9 Å². The fourth-order valence-electron chi connectivity index (χ4n) is 1.87. The van der Waals surface area contributed by atoms with Crippen molar-refractivity contribution >= 4 is 40.3 Å². The topological polar surface area (TPSA) is 88.8 Å². The van der Waals surface area contributed by atoms with Crippen molar-refractivity contribution in [3.8, 4) is 0 Å². The summed E-state index contributed by atoms with van der Waals surface area (Å²) in [7, 11) is 0. The number of nitrogens with zero attached hydrogens (tertiary/aromatic N) is 3. The zero-order chi connectivity index (χ0) is 15.4. The van der Waals surface area contributed by atoms with E-state index in [1.807, 2.05) is 24.3 Å². The van der Waals surface area contributed by atoms with Crippen molar-refractivity contribution in [1.82, 2.24) is 15.0 Å². The van der Waals surface area contributed by atoms with Crippen LogP contribution in [0.2, 0.25) is 5.02 Å². The number of aromatic nitrogens is 3. The molecular formula is C15H13ClN6. The third-order valence-electron chi connectivity index (χ3n) is 2.90. The van der Waals surface area contributed by atoms with E-state index in [-0.39, 0.29) is 0 Å². The van der Waals surface area contributed by atoms with Gasteiger partial charge in [-0.15, -0.1) is 0 Å². The third-order valence-corrected chi connectivity index (χ3v) is 3.13. The zero-order valence-electron chi connectivity index (χ0n) is 11.5. The summed E-state index contributed by atoms with van der Waals surface area (Å²) in [6, 6.07) is 11.0. The predicted octanol–water partition coefficient (Wildman–Crippen LogP) is 3.59. The largest absolute Gasteiger partial charge is 0.393 e. The predicted molar refractivity (Wildman–Crippen MR) is 88.7 cm³/mol. The molecule has 0 aliphatic rings. The number of pyridine rings is 1. The third kappa shape index (κ3) is 3.24. The van der Waals surface area contributed by atoms with Crippen LogP contribution in [0.25, 0.3) is 0 Å². The number of rotatable bonds is 4. The molecule has 0 saturated carbocycles. The van der Waals surface area contributed by atoms with Gasteiger partial charge in [-0.25, -0.2) is 9.97 Å². The Hall–Kier alpha value is -2.86. The fraction of sp³-hybridized carbons (Fsp3) is 0. The van der Waals surface area contributed by atoms with E-state index in [0.717, 1.165) is 11.4 Å². The van der Waals surface area contributed by atoms with E-state index in [4.69, 9.17) is 17.3 Å². The van der Waals surface area contributed by atoms with Gasteiger partial charge in [-0.1, -0.05) is 17.7 Å². The lowest BCUT2D eigenvalue weighted by Crippen LogP contribution is -2.05. The monoisotopic (exact) mass is 312 g/mol. The summed E-state index contributed by atoms with van der Waals surface area (Å²) in [5.41, 5.74) is 8.11. The molecule has 0 fully saturated rings. The SMILES string of the molecule is Nc1c(Nc2cccnc2)ncnc1Nc1cccc(Cl)c1. The van der Waals surface area contributed by atoms with Gasteiger partial charge >= 0.3 is 0 Å². The van der Waals surface area contributed by atoms with Gasteiger partial charge in [0.1, 0.15) is 12.0 Å². The molecule has 7 heteroatoms. The lowest BCUT2D eigenvalue weighted by atomic mass is 10.3. The maximum Gasteiger partial charge on any atom is 0.159 e. The van der Waals surface area contributed by atoms with Crippen LogP contribution in [0.15, 0.2) is 55.1 Å². The van der Waals surface area contributed by atoms with Crippen LogP contribution in [0.1, 0.15) is 0 Å². The average molecular weight is 313 g/mol. The number of benzene rings is 1. The minimum absolute atomic E-state index is 0.409. The van der Waals surface area contributed by atoms with Crippen molar-refractivity contribution in [3.63, 3.8) is 0 Å². The van der Waals surface area contributed by atoms with Gasteiger partial charge in [0.05, 0.1) is 11.9 Å². The highest BCUT2D eigenvalue weighted by Crippen LogP contribution is 2.28. The molecule has 0 saturated heterocycles. The molecule has 2 heterocycles. The summed E-state index contributed by atoms with van der Waals surface area (Å²) < 4.78 is 0. The maximum absolute atomic E-state index is 6.11. The normalized spacial score (nSPS) is 10.2. The number of nitrogens with one attached hydrogen (secondary N) is 2. The number of halogens is 1. The summed E-state index contributed by atoms with van der Waals surface area (Å²) in [4.78, 5) is 12.3.